The van der Waals surface area contributed by atoms with E-state index in [-0.39, 0.29) is 31.3 Å². The highest BCUT2D eigenvalue weighted by Gasteiger charge is 2.28. The Labute approximate surface area is 201 Å². The van der Waals surface area contributed by atoms with Gasteiger partial charge in [0.2, 0.25) is 21.8 Å². The maximum Gasteiger partial charge on any atom is 0.242 e. The third-order valence-corrected chi connectivity index (χ3v) is 7.02. The number of hydrogen-bond donors (Lipinski definition) is 1. The van der Waals surface area contributed by atoms with E-state index in [1.165, 1.54) is 16.3 Å². The van der Waals surface area contributed by atoms with Gasteiger partial charge in [-0.25, -0.2) is 8.42 Å². The van der Waals surface area contributed by atoms with Gasteiger partial charge in [0.05, 0.1) is 11.9 Å². The number of carbonyl (C=O) groups excluding carboxylic acids is 2. The number of amides is 2. The molecule has 0 saturated heterocycles. The van der Waals surface area contributed by atoms with Crippen molar-refractivity contribution in [1.82, 2.24) is 10.2 Å². The SMILES string of the molecule is CC[C@H](C(=O)NC)N(Cc1ccccc1Cl)C(=O)CCCN(c1ccccc1C)S(C)(=O)=O. The van der Waals surface area contributed by atoms with E-state index in [4.69, 9.17) is 11.6 Å². The lowest BCUT2D eigenvalue weighted by Gasteiger charge is -2.31. The molecule has 0 heterocycles. The van der Waals surface area contributed by atoms with Crippen molar-refractivity contribution >= 4 is 39.1 Å². The molecule has 0 saturated carbocycles. The van der Waals surface area contributed by atoms with Gasteiger partial charge in [-0.15, -0.1) is 0 Å². The Balaban J connectivity index is 2.21. The van der Waals surface area contributed by atoms with Gasteiger partial charge >= 0.3 is 0 Å². The maximum atomic E-state index is 13.2. The van der Waals surface area contributed by atoms with Crippen LogP contribution < -0.4 is 9.62 Å². The van der Waals surface area contributed by atoms with E-state index in [1.807, 2.05) is 38.1 Å². The topological polar surface area (TPSA) is 86.8 Å². The van der Waals surface area contributed by atoms with E-state index in [9.17, 15) is 18.0 Å². The van der Waals surface area contributed by atoms with Gasteiger partial charge in [-0.05, 0) is 43.0 Å². The first-order chi connectivity index (χ1) is 15.6. The van der Waals surface area contributed by atoms with Crippen molar-refractivity contribution in [3.63, 3.8) is 0 Å². The molecule has 1 atom stereocenters. The molecule has 2 amide bonds. The van der Waals surface area contributed by atoms with Gasteiger partial charge in [0, 0.05) is 31.6 Å². The first-order valence-electron chi connectivity index (χ1n) is 10.9. The largest absolute Gasteiger partial charge is 0.357 e. The first-order valence-corrected chi connectivity index (χ1v) is 13.1. The molecule has 0 aromatic heterocycles. The zero-order valence-corrected chi connectivity index (χ0v) is 21.1. The number of likely N-dealkylation sites (N-methyl/N-ethyl adjacent to an activating group) is 1. The minimum absolute atomic E-state index is 0.0931. The number of halogens is 1. The second-order valence-corrected chi connectivity index (χ2v) is 10.2. The average Bonchev–Trinajstić information content (AvgIpc) is 2.77. The Hall–Kier alpha value is -2.58. The van der Waals surface area contributed by atoms with Crippen molar-refractivity contribution < 1.29 is 18.0 Å². The Morgan fingerprint density at radius 1 is 1.09 bits per heavy atom. The molecule has 180 valence electrons. The number of aryl methyl sites for hydroxylation is 1. The predicted octanol–water partition coefficient (Wildman–Crippen LogP) is 3.75. The zero-order chi connectivity index (χ0) is 24.6. The molecule has 33 heavy (non-hydrogen) atoms. The molecule has 0 aliphatic carbocycles. The average molecular weight is 494 g/mol. The summed E-state index contributed by atoms with van der Waals surface area (Å²) in [7, 11) is -1.99. The normalized spacial score (nSPS) is 12.2. The van der Waals surface area contributed by atoms with Crippen LogP contribution in [0.3, 0.4) is 0 Å². The Bertz CT molecular complexity index is 1070. The van der Waals surface area contributed by atoms with Crippen molar-refractivity contribution in [1.29, 1.82) is 0 Å². The Morgan fingerprint density at radius 2 is 1.73 bits per heavy atom. The van der Waals surface area contributed by atoms with Gasteiger partial charge in [0.25, 0.3) is 0 Å². The van der Waals surface area contributed by atoms with Crippen LogP contribution in [0.1, 0.15) is 37.3 Å². The fourth-order valence-corrected chi connectivity index (χ4v) is 4.94. The molecule has 2 rings (SSSR count). The van der Waals surface area contributed by atoms with E-state index in [2.05, 4.69) is 5.32 Å². The molecule has 9 heteroatoms. The third kappa shape index (κ3) is 7.20. The van der Waals surface area contributed by atoms with Crippen molar-refractivity contribution in [2.24, 2.45) is 0 Å². The number of benzene rings is 2. The lowest BCUT2D eigenvalue weighted by atomic mass is 10.1. The molecule has 2 aromatic carbocycles. The van der Waals surface area contributed by atoms with Crippen LogP contribution in [0.4, 0.5) is 5.69 Å². The van der Waals surface area contributed by atoms with Crippen LogP contribution in [-0.2, 0) is 26.2 Å². The van der Waals surface area contributed by atoms with Crippen LogP contribution >= 0.6 is 11.6 Å². The Morgan fingerprint density at radius 3 is 2.30 bits per heavy atom. The van der Waals surface area contributed by atoms with Crippen LogP contribution in [0, 0.1) is 6.92 Å². The number of hydrogen-bond acceptors (Lipinski definition) is 4. The predicted molar refractivity (Wildman–Crippen MR) is 133 cm³/mol. The number of para-hydroxylation sites is 1. The summed E-state index contributed by atoms with van der Waals surface area (Å²) in [6, 6.07) is 13.8. The van der Waals surface area contributed by atoms with Crippen molar-refractivity contribution in [2.75, 3.05) is 24.2 Å². The van der Waals surface area contributed by atoms with Gasteiger partial charge in [-0.1, -0.05) is 54.9 Å². The molecular weight excluding hydrogens is 462 g/mol. The lowest BCUT2D eigenvalue weighted by molar-refractivity contribution is -0.141. The van der Waals surface area contributed by atoms with Gasteiger partial charge in [0.15, 0.2) is 0 Å². The summed E-state index contributed by atoms with van der Waals surface area (Å²) in [5.74, 6) is -0.487. The smallest absolute Gasteiger partial charge is 0.242 e. The van der Waals surface area contributed by atoms with Crippen LogP contribution in [0.15, 0.2) is 48.5 Å². The summed E-state index contributed by atoms with van der Waals surface area (Å²) in [4.78, 5) is 27.3. The molecule has 7 nitrogen and oxygen atoms in total. The van der Waals surface area contributed by atoms with Crippen molar-refractivity contribution in [3.8, 4) is 0 Å². The minimum Gasteiger partial charge on any atom is -0.357 e. The molecule has 0 aliphatic rings. The molecule has 0 aliphatic heterocycles. The van der Waals surface area contributed by atoms with E-state index in [1.54, 1.807) is 24.3 Å². The van der Waals surface area contributed by atoms with Crippen LogP contribution in [0.5, 0.6) is 0 Å². The standard InChI is InChI=1S/C24H32ClN3O4S/c1-5-21(24(30)26-3)27(17-19-12-7-8-13-20(19)25)23(29)15-10-16-28(33(4,31)32)22-14-9-6-11-18(22)2/h6-9,11-14,21H,5,10,15-17H2,1-4H3,(H,26,30)/t21-/m1/s1. The molecular formula is C24H32ClN3O4S. The fourth-order valence-electron chi connectivity index (χ4n) is 3.72. The summed E-state index contributed by atoms with van der Waals surface area (Å²) in [5, 5.41) is 3.14. The molecule has 0 spiro atoms. The second-order valence-electron chi connectivity index (χ2n) is 7.88. The number of nitrogens with one attached hydrogen (secondary N) is 1. The van der Waals surface area contributed by atoms with E-state index in [0.717, 1.165) is 17.4 Å². The highest BCUT2D eigenvalue weighted by Crippen LogP contribution is 2.24. The maximum absolute atomic E-state index is 13.2. The van der Waals surface area contributed by atoms with Gasteiger partial charge in [-0.2, -0.15) is 0 Å². The van der Waals surface area contributed by atoms with Crippen LogP contribution in [-0.4, -0.2) is 51.0 Å². The molecule has 0 fully saturated rings. The van der Waals surface area contributed by atoms with E-state index in [0.29, 0.717) is 23.6 Å². The molecule has 0 bridgehead atoms. The summed E-state index contributed by atoms with van der Waals surface area (Å²) in [6.07, 6.45) is 2.00. The zero-order valence-electron chi connectivity index (χ0n) is 19.5. The molecule has 1 N–H and O–H groups in total. The monoisotopic (exact) mass is 493 g/mol. The van der Waals surface area contributed by atoms with Gasteiger partial charge in [0.1, 0.15) is 6.04 Å². The van der Waals surface area contributed by atoms with Gasteiger partial charge in [-0.3, -0.25) is 13.9 Å². The number of carbonyl (C=O) groups is 2. The van der Waals surface area contributed by atoms with Crippen molar-refractivity contribution in [2.45, 2.75) is 45.7 Å². The minimum atomic E-state index is -3.52. The molecule has 2 aromatic rings. The van der Waals surface area contributed by atoms with Crippen LogP contribution in [0.2, 0.25) is 5.02 Å². The second kappa shape index (κ2) is 12.0. The summed E-state index contributed by atoms with van der Waals surface area (Å²) < 4.78 is 26.2. The summed E-state index contributed by atoms with van der Waals surface area (Å²) in [6.45, 7) is 4.04. The Kier molecular flexibility index (Phi) is 9.73. The van der Waals surface area contributed by atoms with Gasteiger partial charge < -0.3 is 10.2 Å². The highest BCUT2D eigenvalue weighted by molar-refractivity contribution is 7.92. The van der Waals surface area contributed by atoms with E-state index >= 15 is 0 Å². The number of rotatable bonds is 11. The third-order valence-electron chi connectivity index (χ3n) is 5.47. The number of nitrogens with zero attached hydrogens (tertiary/aromatic N) is 2. The van der Waals surface area contributed by atoms with Crippen molar-refractivity contribution in [3.05, 3.63) is 64.7 Å². The summed E-state index contributed by atoms with van der Waals surface area (Å²) in [5.41, 5.74) is 2.17. The quantitative estimate of drug-likeness (QED) is 0.516. The highest BCUT2D eigenvalue weighted by atomic mass is 35.5. The number of anilines is 1. The lowest BCUT2D eigenvalue weighted by Crippen LogP contribution is -2.48. The number of sulfonamides is 1. The first kappa shape index (κ1) is 26.7. The van der Waals surface area contributed by atoms with Crippen LogP contribution in [0.25, 0.3) is 0 Å². The fraction of sp³-hybridized carbons (Fsp3) is 0.417. The molecule has 0 unspecified atom stereocenters. The summed E-state index contributed by atoms with van der Waals surface area (Å²) >= 11 is 6.30. The molecule has 0 radical (unpaired) electrons. The van der Waals surface area contributed by atoms with E-state index < -0.39 is 16.1 Å².